The molecule has 98 valence electrons. The average molecular weight is 238 g/mol. The molecule has 0 amide bonds. The average Bonchev–Trinajstić information content (AvgIpc) is 2.24. The van der Waals surface area contributed by atoms with Crippen molar-refractivity contribution in [3.8, 4) is 0 Å². The molecular formula is C10H22O6. The molecule has 0 aliphatic carbocycles. The normalized spacial score (nSPS) is 15.4. The Bertz CT molecular complexity index is 152. The topological polar surface area (TPSA) is 77.4 Å². The zero-order valence-corrected chi connectivity index (χ0v) is 10.1. The third kappa shape index (κ3) is 9.02. The highest BCUT2D eigenvalue weighted by Crippen LogP contribution is 1.99. The van der Waals surface area contributed by atoms with E-state index in [2.05, 4.69) is 9.78 Å². The van der Waals surface area contributed by atoms with Crippen molar-refractivity contribution in [2.45, 2.75) is 32.2 Å². The molecule has 6 nitrogen and oxygen atoms in total. The van der Waals surface area contributed by atoms with Gasteiger partial charge < -0.3 is 19.7 Å². The SMILES string of the molecule is COOCC(O)COCC(CO)OC(C)C. The highest BCUT2D eigenvalue weighted by Gasteiger charge is 2.12. The van der Waals surface area contributed by atoms with Gasteiger partial charge in [0.05, 0.1) is 33.0 Å². The molecule has 0 aliphatic rings. The number of aliphatic hydroxyl groups is 2. The molecule has 0 aromatic carbocycles. The Labute approximate surface area is 96.0 Å². The lowest BCUT2D eigenvalue weighted by Gasteiger charge is -2.19. The van der Waals surface area contributed by atoms with Gasteiger partial charge in [-0.25, -0.2) is 9.78 Å². The van der Waals surface area contributed by atoms with E-state index >= 15 is 0 Å². The minimum atomic E-state index is -0.752. The minimum Gasteiger partial charge on any atom is -0.394 e. The number of aliphatic hydroxyl groups excluding tert-OH is 2. The molecule has 0 aliphatic heterocycles. The van der Waals surface area contributed by atoms with Gasteiger partial charge in [-0.15, -0.1) is 0 Å². The van der Waals surface area contributed by atoms with Gasteiger partial charge in [0.25, 0.3) is 0 Å². The van der Waals surface area contributed by atoms with Crippen LogP contribution in [0.4, 0.5) is 0 Å². The summed E-state index contributed by atoms with van der Waals surface area (Å²) in [5.74, 6) is 0. The molecule has 0 saturated heterocycles. The second-order valence-corrected chi connectivity index (χ2v) is 3.63. The van der Waals surface area contributed by atoms with Crippen LogP contribution in [0.15, 0.2) is 0 Å². The Morgan fingerprint density at radius 2 is 1.81 bits per heavy atom. The molecule has 2 atom stereocenters. The molecule has 0 radical (unpaired) electrons. The van der Waals surface area contributed by atoms with Crippen molar-refractivity contribution in [3.63, 3.8) is 0 Å². The van der Waals surface area contributed by atoms with Gasteiger partial charge >= 0.3 is 0 Å². The van der Waals surface area contributed by atoms with Crippen LogP contribution >= 0.6 is 0 Å². The van der Waals surface area contributed by atoms with Crippen LogP contribution in [-0.4, -0.2) is 62.1 Å². The summed E-state index contributed by atoms with van der Waals surface area (Å²) >= 11 is 0. The first-order valence-corrected chi connectivity index (χ1v) is 5.27. The third-order valence-corrected chi connectivity index (χ3v) is 1.66. The largest absolute Gasteiger partial charge is 0.394 e. The molecule has 6 heteroatoms. The van der Waals surface area contributed by atoms with Gasteiger partial charge in [0.15, 0.2) is 0 Å². The van der Waals surface area contributed by atoms with E-state index in [1.165, 1.54) is 7.11 Å². The van der Waals surface area contributed by atoms with Crippen LogP contribution in [0.5, 0.6) is 0 Å². The van der Waals surface area contributed by atoms with E-state index in [9.17, 15) is 5.11 Å². The highest BCUT2D eigenvalue weighted by atomic mass is 17.2. The Morgan fingerprint density at radius 3 is 2.31 bits per heavy atom. The molecule has 2 N–H and O–H groups in total. The maximum atomic E-state index is 9.31. The van der Waals surface area contributed by atoms with E-state index in [-0.39, 0.29) is 38.6 Å². The molecule has 0 saturated carbocycles. The molecule has 0 bridgehead atoms. The summed E-state index contributed by atoms with van der Waals surface area (Å²) in [6, 6.07) is 0. The van der Waals surface area contributed by atoms with Crippen molar-refractivity contribution in [1.29, 1.82) is 0 Å². The molecule has 0 aromatic rings. The number of rotatable bonds is 10. The van der Waals surface area contributed by atoms with Crippen LogP contribution in [0.1, 0.15) is 13.8 Å². The monoisotopic (exact) mass is 238 g/mol. The predicted molar refractivity (Wildman–Crippen MR) is 56.9 cm³/mol. The molecule has 0 fully saturated rings. The summed E-state index contributed by atoms with van der Waals surface area (Å²) in [4.78, 5) is 8.87. The summed E-state index contributed by atoms with van der Waals surface area (Å²) in [6.45, 7) is 4.04. The fraction of sp³-hybridized carbons (Fsp3) is 1.00. The fourth-order valence-corrected chi connectivity index (χ4v) is 1.05. The minimum absolute atomic E-state index is 0.0301. The van der Waals surface area contributed by atoms with Gasteiger partial charge in [-0.05, 0) is 13.8 Å². The van der Waals surface area contributed by atoms with Crippen molar-refractivity contribution in [2.24, 2.45) is 0 Å². The maximum absolute atomic E-state index is 9.31. The molecule has 0 rings (SSSR count). The van der Waals surface area contributed by atoms with Crippen molar-refractivity contribution in [1.82, 2.24) is 0 Å². The van der Waals surface area contributed by atoms with Crippen LogP contribution < -0.4 is 0 Å². The molecular weight excluding hydrogens is 216 g/mol. The van der Waals surface area contributed by atoms with Crippen LogP contribution in [0, 0.1) is 0 Å². The van der Waals surface area contributed by atoms with Crippen molar-refractivity contribution < 1.29 is 29.5 Å². The maximum Gasteiger partial charge on any atom is 0.110 e. The van der Waals surface area contributed by atoms with E-state index in [1.54, 1.807) is 0 Å². The van der Waals surface area contributed by atoms with Gasteiger partial charge in [0.2, 0.25) is 0 Å². The molecule has 0 aromatic heterocycles. The Balaban J connectivity index is 3.53. The first-order valence-electron chi connectivity index (χ1n) is 5.27. The number of ether oxygens (including phenoxy) is 2. The second kappa shape index (κ2) is 9.95. The fourth-order valence-electron chi connectivity index (χ4n) is 1.05. The number of hydrogen-bond donors (Lipinski definition) is 2. The van der Waals surface area contributed by atoms with E-state index in [0.717, 1.165) is 0 Å². The van der Waals surface area contributed by atoms with Crippen molar-refractivity contribution in [3.05, 3.63) is 0 Å². The summed E-state index contributed by atoms with van der Waals surface area (Å²) in [7, 11) is 1.37. The van der Waals surface area contributed by atoms with E-state index in [0.29, 0.717) is 0 Å². The van der Waals surface area contributed by atoms with E-state index < -0.39 is 6.10 Å². The second-order valence-electron chi connectivity index (χ2n) is 3.63. The third-order valence-electron chi connectivity index (χ3n) is 1.66. The van der Waals surface area contributed by atoms with Gasteiger partial charge in [0.1, 0.15) is 18.8 Å². The van der Waals surface area contributed by atoms with Crippen LogP contribution in [0.25, 0.3) is 0 Å². The molecule has 0 spiro atoms. The molecule has 2 unspecified atom stereocenters. The standard InChI is InChI=1S/C10H22O6/c1-8(2)16-10(4-11)7-14-5-9(12)6-15-13-3/h8-12H,4-7H2,1-3H3. The van der Waals surface area contributed by atoms with Crippen LogP contribution in [0.3, 0.4) is 0 Å². The Kier molecular flexibility index (Phi) is 9.80. The molecule has 16 heavy (non-hydrogen) atoms. The van der Waals surface area contributed by atoms with Gasteiger partial charge in [-0.2, -0.15) is 0 Å². The summed E-state index contributed by atoms with van der Waals surface area (Å²) in [6.07, 6.45) is -1.09. The first kappa shape index (κ1) is 15.8. The lowest BCUT2D eigenvalue weighted by atomic mass is 10.3. The van der Waals surface area contributed by atoms with Gasteiger partial charge in [-0.1, -0.05) is 0 Å². The highest BCUT2D eigenvalue weighted by molar-refractivity contribution is 4.57. The zero-order valence-electron chi connectivity index (χ0n) is 10.1. The van der Waals surface area contributed by atoms with Crippen molar-refractivity contribution >= 4 is 0 Å². The van der Waals surface area contributed by atoms with Crippen LogP contribution in [-0.2, 0) is 19.2 Å². The zero-order chi connectivity index (χ0) is 12.4. The summed E-state index contributed by atoms with van der Waals surface area (Å²) in [5.41, 5.74) is 0. The lowest BCUT2D eigenvalue weighted by Crippen LogP contribution is -2.30. The summed E-state index contributed by atoms with van der Waals surface area (Å²) < 4.78 is 10.5. The van der Waals surface area contributed by atoms with Crippen molar-refractivity contribution in [2.75, 3.05) is 33.5 Å². The quantitative estimate of drug-likeness (QED) is 0.403. The molecule has 0 heterocycles. The predicted octanol–water partition coefficient (Wildman–Crippen LogP) is -0.272. The smallest absolute Gasteiger partial charge is 0.110 e. The van der Waals surface area contributed by atoms with E-state index in [4.69, 9.17) is 14.6 Å². The lowest BCUT2D eigenvalue weighted by molar-refractivity contribution is -0.286. The van der Waals surface area contributed by atoms with E-state index in [1.807, 2.05) is 13.8 Å². The Hall–Kier alpha value is -0.240. The first-order chi connectivity index (χ1) is 7.60. The summed E-state index contributed by atoms with van der Waals surface area (Å²) in [5, 5.41) is 18.3. The van der Waals surface area contributed by atoms with Gasteiger partial charge in [0, 0.05) is 0 Å². The van der Waals surface area contributed by atoms with Crippen LogP contribution in [0.2, 0.25) is 0 Å². The van der Waals surface area contributed by atoms with Gasteiger partial charge in [-0.3, -0.25) is 0 Å². The number of hydrogen-bond acceptors (Lipinski definition) is 6. The Morgan fingerprint density at radius 1 is 1.12 bits per heavy atom.